The Bertz CT molecular complexity index is 1010. The largest absolute Gasteiger partial charge is 0.326 e. The molecule has 0 radical (unpaired) electrons. The minimum atomic E-state index is -3.42. The second-order valence-corrected chi connectivity index (χ2v) is 10.7. The van der Waals surface area contributed by atoms with Crippen molar-refractivity contribution >= 4 is 21.6 Å². The normalized spacial score (nSPS) is 18.0. The topological polar surface area (TPSA) is 69.7 Å². The van der Waals surface area contributed by atoms with Gasteiger partial charge in [-0.15, -0.1) is 0 Å². The molecule has 2 aliphatic heterocycles. The molecular formula is C25H33N3O3S. The third-order valence-electron chi connectivity index (χ3n) is 6.40. The van der Waals surface area contributed by atoms with Gasteiger partial charge in [-0.25, -0.2) is 8.42 Å². The van der Waals surface area contributed by atoms with Crippen molar-refractivity contribution in [2.24, 2.45) is 0 Å². The maximum Gasteiger partial charge on any atom is 0.243 e. The van der Waals surface area contributed by atoms with Gasteiger partial charge in [-0.2, -0.15) is 4.31 Å². The fraction of sp³-hybridized carbons (Fsp3) is 0.480. The van der Waals surface area contributed by atoms with Crippen LogP contribution in [0.3, 0.4) is 0 Å². The highest BCUT2D eigenvalue weighted by Crippen LogP contribution is 2.22. The average molecular weight is 456 g/mol. The van der Waals surface area contributed by atoms with Gasteiger partial charge in [-0.05, 0) is 74.5 Å². The van der Waals surface area contributed by atoms with Crippen LogP contribution < -0.4 is 5.32 Å². The monoisotopic (exact) mass is 455 g/mol. The summed E-state index contributed by atoms with van der Waals surface area (Å²) in [7, 11) is -3.42. The molecule has 6 nitrogen and oxygen atoms in total. The van der Waals surface area contributed by atoms with Crippen molar-refractivity contribution in [1.29, 1.82) is 0 Å². The number of aryl methyl sites for hydroxylation is 1. The summed E-state index contributed by atoms with van der Waals surface area (Å²) in [4.78, 5) is 15.3. The van der Waals surface area contributed by atoms with Gasteiger partial charge in [0.15, 0.2) is 0 Å². The first-order valence-electron chi connectivity index (χ1n) is 11.7. The zero-order chi connectivity index (χ0) is 22.4. The van der Waals surface area contributed by atoms with Crippen LogP contribution in [0.2, 0.25) is 0 Å². The van der Waals surface area contributed by atoms with Crippen molar-refractivity contribution in [3.8, 4) is 0 Å². The van der Waals surface area contributed by atoms with Gasteiger partial charge in [0.25, 0.3) is 0 Å². The van der Waals surface area contributed by atoms with Crippen molar-refractivity contribution in [3.05, 3.63) is 59.7 Å². The Morgan fingerprint density at radius 3 is 2.22 bits per heavy atom. The average Bonchev–Trinajstić information content (AvgIpc) is 3.33. The molecule has 4 rings (SSSR count). The van der Waals surface area contributed by atoms with E-state index in [0.717, 1.165) is 55.7 Å². The Kier molecular flexibility index (Phi) is 7.60. The van der Waals surface area contributed by atoms with E-state index in [9.17, 15) is 13.2 Å². The van der Waals surface area contributed by atoms with Gasteiger partial charge in [-0.1, -0.05) is 36.8 Å². The van der Waals surface area contributed by atoms with Crippen molar-refractivity contribution in [3.63, 3.8) is 0 Å². The van der Waals surface area contributed by atoms with Crippen LogP contribution in [0.15, 0.2) is 53.4 Å². The Hall–Kier alpha value is -2.22. The van der Waals surface area contributed by atoms with Gasteiger partial charge in [0, 0.05) is 31.7 Å². The van der Waals surface area contributed by atoms with E-state index in [1.807, 2.05) is 30.3 Å². The molecule has 1 N–H and O–H groups in total. The molecule has 0 unspecified atom stereocenters. The van der Waals surface area contributed by atoms with E-state index in [4.69, 9.17) is 0 Å². The Morgan fingerprint density at radius 2 is 1.50 bits per heavy atom. The van der Waals surface area contributed by atoms with Crippen LogP contribution in [-0.4, -0.2) is 49.7 Å². The molecule has 0 saturated carbocycles. The summed E-state index contributed by atoms with van der Waals surface area (Å²) >= 11 is 0. The molecule has 2 saturated heterocycles. The SMILES string of the molecule is O=C(CCc1ccc(S(=O)(=O)N2CCCCC2)cc1)Nc1ccccc1CN1CCCC1. The lowest BCUT2D eigenvalue weighted by Crippen LogP contribution is -2.35. The number of piperidine rings is 1. The Morgan fingerprint density at radius 1 is 0.844 bits per heavy atom. The molecule has 32 heavy (non-hydrogen) atoms. The molecule has 0 aromatic heterocycles. The number of anilines is 1. The summed E-state index contributed by atoms with van der Waals surface area (Å²) in [5.74, 6) is -0.0242. The van der Waals surface area contributed by atoms with Crippen molar-refractivity contribution in [2.75, 3.05) is 31.5 Å². The van der Waals surface area contributed by atoms with Crippen LogP contribution >= 0.6 is 0 Å². The van der Waals surface area contributed by atoms with Crippen molar-refractivity contribution < 1.29 is 13.2 Å². The standard InChI is InChI=1S/C25H33N3O3S/c29-25(26-24-9-3-2-8-22(24)20-27-16-6-7-17-27)15-12-21-10-13-23(14-11-21)32(30,31)28-18-4-1-5-19-28/h2-3,8-11,13-14H,1,4-7,12,15-20H2,(H,26,29). The number of rotatable bonds is 8. The summed E-state index contributed by atoms with van der Waals surface area (Å²) < 4.78 is 27.1. The van der Waals surface area contributed by atoms with E-state index in [2.05, 4.69) is 16.3 Å². The second kappa shape index (κ2) is 10.6. The molecule has 0 aliphatic carbocycles. The van der Waals surface area contributed by atoms with Gasteiger partial charge in [0.05, 0.1) is 4.90 Å². The number of likely N-dealkylation sites (tertiary alicyclic amines) is 1. The van der Waals surface area contributed by atoms with Crippen LogP contribution in [0.5, 0.6) is 0 Å². The van der Waals surface area contributed by atoms with E-state index < -0.39 is 10.0 Å². The first-order valence-corrected chi connectivity index (χ1v) is 13.2. The third kappa shape index (κ3) is 5.77. The van der Waals surface area contributed by atoms with Gasteiger partial charge in [0.1, 0.15) is 0 Å². The number of carbonyl (C=O) groups is 1. The molecule has 0 bridgehead atoms. The summed E-state index contributed by atoms with van der Waals surface area (Å²) in [5, 5.41) is 3.07. The van der Waals surface area contributed by atoms with Crippen molar-refractivity contribution in [2.45, 2.75) is 56.4 Å². The molecule has 2 heterocycles. The minimum absolute atomic E-state index is 0.0242. The van der Waals surface area contributed by atoms with Crippen LogP contribution in [0.4, 0.5) is 5.69 Å². The Labute approximate surface area is 191 Å². The molecule has 7 heteroatoms. The van der Waals surface area contributed by atoms with Crippen LogP contribution in [0.25, 0.3) is 0 Å². The molecule has 2 aliphatic rings. The zero-order valence-corrected chi connectivity index (χ0v) is 19.4. The highest BCUT2D eigenvalue weighted by atomic mass is 32.2. The molecule has 172 valence electrons. The summed E-state index contributed by atoms with van der Waals surface area (Å²) in [5.41, 5.74) is 2.99. The maximum atomic E-state index is 12.8. The Balaban J connectivity index is 1.32. The van der Waals surface area contributed by atoms with Gasteiger partial charge >= 0.3 is 0 Å². The highest BCUT2D eigenvalue weighted by molar-refractivity contribution is 7.89. The number of benzene rings is 2. The quantitative estimate of drug-likeness (QED) is 0.653. The van der Waals surface area contributed by atoms with E-state index in [1.165, 1.54) is 12.8 Å². The molecule has 2 aromatic rings. The predicted molar refractivity (Wildman–Crippen MR) is 127 cm³/mol. The number of sulfonamides is 1. The number of hydrogen-bond acceptors (Lipinski definition) is 4. The molecule has 0 atom stereocenters. The van der Waals surface area contributed by atoms with Gasteiger partial charge in [-0.3, -0.25) is 9.69 Å². The predicted octanol–water partition coefficient (Wildman–Crippen LogP) is 4.03. The maximum absolute atomic E-state index is 12.8. The minimum Gasteiger partial charge on any atom is -0.326 e. The van der Waals surface area contributed by atoms with Crippen LogP contribution in [-0.2, 0) is 27.8 Å². The molecule has 0 spiro atoms. The summed E-state index contributed by atoms with van der Waals surface area (Å²) in [6.45, 7) is 4.30. The van der Waals surface area contributed by atoms with Gasteiger partial charge in [0.2, 0.25) is 15.9 Å². The lowest BCUT2D eigenvalue weighted by atomic mass is 10.1. The van der Waals surface area contributed by atoms with Crippen molar-refractivity contribution in [1.82, 2.24) is 9.21 Å². The smallest absolute Gasteiger partial charge is 0.243 e. The van der Waals surface area contributed by atoms with Crippen LogP contribution in [0, 0.1) is 0 Å². The lowest BCUT2D eigenvalue weighted by molar-refractivity contribution is -0.116. The summed E-state index contributed by atoms with van der Waals surface area (Å²) in [6.07, 6.45) is 6.36. The highest BCUT2D eigenvalue weighted by Gasteiger charge is 2.25. The van der Waals surface area contributed by atoms with E-state index >= 15 is 0 Å². The first kappa shape index (κ1) is 23.0. The number of amides is 1. The second-order valence-electron chi connectivity index (χ2n) is 8.80. The van der Waals surface area contributed by atoms with Crippen LogP contribution in [0.1, 0.15) is 49.7 Å². The molecule has 2 aromatic carbocycles. The number of para-hydroxylation sites is 1. The van der Waals surface area contributed by atoms with E-state index in [-0.39, 0.29) is 5.91 Å². The molecule has 2 fully saturated rings. The fourth-order valence-electron chi connectivity index (χ4n) is 4.51. The lowest BCUT2D eigenvalue weighted by Gasteiger charge is -2.25. The third-order valence-corrected chi connectivity index (χ3v) is 8.31. The van der Waals surface area contributed by atoms with E-state index in [0.29, 0.717) is 30.8 Å². The number of nitrogens with one attached hydrogen (secondary N) is 1. The number of hydrogen-bond donors (Lipinski definition) is 1. The summed E-state index contributed by atoms with van der Waals surface area (Å²) in [6, 6.07) is 15.0. The number of nitrogens with zero attached hydrogens (tertiary/aromatic N) is 2. The zero-order valence-electron chi connectivity index (χ0n) is 18.6. The van der Waals surface area contributed by atoms with Gasteiger partial charge < -0.3 is 5.32 Å². The van der Waals surface area contributed by atoms with E-state index in [1.54, 1.807) is 16.4 Å². The molecular weight excluding hydrogens is 422 g/mol. The molecule has 1 amide bonds. The first-order chi connectivity index (χ1) is 15.5. The fourth-order valence-corrected chi connectivity index (χ4v) is 6.03. The number of carbonyl (C=O) groups excluding carboxylic acids is 1.